The summed E-state index contributed by atoms with van der Waals surface area (Å²) in [6.45, 7) is 11.3. The molecule has 0 aliphatic heterocycles. The summed E-state index contributed by atoms with van der Waals surface area (Å²) in [4.78, 5) is 18.7. The molecule has 0 aliphatic carbocycles. The number of thiazole rings is 1. The van der Waals surface area contributed by atoms with E-state index in [4.69, 9.17) is 4.74 Å². The molecule has 2 aromatic rings. The average Bonchev–Trinajstić information content (AvgIpc) is 3.07. The molecule has 25 heavy (non-hydrogen) atoms. The minimum absolute atomic E-state index is 0.176. The molecule has 0 fully saturated rings. The number of aryl methyl sites for hydroxylation is 2. The Morgan fingerprint density at radius 3 is 2.68 bits per heavy atom. The van der Waals surface area contributed by atoms with E-state index in [-0.39, 0.29) is 11.9 Å². The molecule has 1 heterocycles. The molecule has 0 saturated heterocycles. The van der Waals surface area contributed by atoms with Gasteiger partial charge in [0.1, 0.15) is 17.4 Å². The van der Waals surface area contributed by atoms with Crippen molar-refractivity contribution in [3.8, 4) is 5.75 Å². The molecule has 0 spiro atoms. The highest BCUT2D eigenvalue weighted by Gasteiger charge is 2.19. The predicted molar refractivity (Wildman–Crippen MR) is 103 cm³/mol. The Kier molecular flexibility index (Phi) is 7.00. The van der Waals surface area contributed by atoms with Crippen LogP contribution in [0.2, 0.25) is 0 Å². The molecule has 5 heteroatoms. The van der Waals surface area contributed by atoms with Crippen LogP contribution in [-0.2, 0) is 17.9 Å². The van der Waals surface area contributed by atoms with Crippen LogP contribution in [0.25, 0.3) is 0 Å². The van der Waals surface area contributed by atoms with Gasteiger partial charge in [-0.15, -0.1) is 11.3 Å². The van der Waals surface area contributed by atoms with Crippen LogP contribution in [0, 0.1) is 13.8 Å². The zero-order valence-electron chi connectivity index (χ0n) is 15.8. The van der Waals surface area contributed by atoms with Crippen LogP contribution in [0.1, 0.15) is 55.4 Å². The molecule has 0 radical (unpaired) electrons. The first-order valence-corrected chi connectivity index (χ1v) is 9.75. The highest BCUT2D eigenvalue weighted by atomic mass is 32.1. The Morgan fingerprint density at radius 2 is 2.04 bits per heavy atom. The number of rotatable bonds is 8. The van der Waals surface area contributed by atoms with Gasteiger partial charge in [-0.05, 0) is 50.5 Å². The van der Waals surface area contributed by atoms with Crippen molar-refractivity contribution in [3.63, 3.8) is 0 Å². The molecule has 136 valence electrons. The monoisotopic (exact) mass is 360 g/mol. The van der Waals surface area contributed by atoms with Crippen molar-refractivity contribution in [1.29, 1.82) is 0 Å². The Balaban J connectivity index is 1.98. The molecule has 1 aromatic heterocycles. The van der Waals surface area contributed by atoms with Gasteiger partial charge in [-0.2, -0.15) is 0 Å². The van der Waals surface area contributed by atoms with Gasteiger partial charge in [0.25, 0.3) is 0 Å². The predicted octanol–water partition coefficient (Wildman–Crippen LogP) is 4.88. The molecule has 0 saturated carbocycles. The van der Waals surface area contributed by atoms with Crippen molar-refractivity contribution < 1.29 is 9.53 Å². The van der Waals surface area contributed by atoms with Crippen LogP contribution in [0.4, 0.5) is 0 Å². The molecule has 0 unspecified atom stereocenters. The van der Waals surface area contributed by atoms with Crippen molar-refractivity contribution in [2.45, 2.75) is 66.7 Å². The molecular weight excluding hydrogens is 332 g/mol. The van der Waals surface area contributed by atoms with Gasteiger partial charge in [-0.3, -0.25) is 4.79 Å². The van der Waals surface area contributed by atoms with E-state index >= 15 is 0 Å². The number of carbonyl (C=O) groups excluding carboxylic acids is 1. The molecule has 4 nitrogen and oxygen atoms in total. The van der Waals surface area contributed by atoms with E-state index in [1.807, 2.05) is 23.3 Å². The van der Waals surface area contributed by atoms with E-state index < -0.39 is 0 Å². The SMILES string of the molecule is CCC(=O)N(Cc1csc(COc2ccc(C)c(C)c2)n1)[C@H](C)CC. The van der Waals surface area contributed by atoms with Gasteiger partial charge >= 0.3 is 0 Å². The van der Waals surface area contributed by atoms with Crippen LogP contribution in [0.5, 0.6) is 5.75 Å². The molecule has 0 bridgehead atoms. The summed E-state index contributed by atoms with van der Waals surface area (Å²) >= 11 is 1.58. The van der Waals surface area contributed by atoms with Gasteiger partial charge in [0, 0.05) is 17.8 Å². The van der Waals surface area contributed by atoms with Crippen LogP contribution in [-0.4, -0.2) is 21.8 Å². The summed E-state index contributed by atoms with van der Waals surface area (Å²) < 4.78 is 5.85. The first-order chi connectivity index (χ1) is 11.9. The second kappa shape index (κ2) is 8.99. The Hall–Kier alpha value is -1.88. The van der Waals surface area contributed by atoms with Crippen LogP contribution in [0.3, 0.4) is 0 Å². The summed E-state index contributed by atoms with van der Waals surface area (Å²) in [7, 11) is 0. The summed E-state index contributed by atoms with van der Waals surface area (Å²) in [5.41, 5.74) is 3.42. The van der Waals surface area contributed by atoms with E-state index in [0.717, 1.165) is 22.9 Å². The normalized spacial score (nSPS) is 12.0. The van der Waals surface area contributed by atoms with E-state index in [1.54, 1.807) is 11.3 Å². The van der Waals surface area contributed by atoms with Gasteiger partial charge in [-0.25, -0.2) is 4.98 Å². The van der Waals surface area contributed by atoms with Gasteiger partial charge in [0.2, 0.25) is 5.91 Å². The van der Waals surface area contributed by atoms with Gasteiger partial charge in [-0.1, -0.05) is 19.9 Å². The molecule has 0 aliphatic rings. The zero-order chi connectivity index (χ0) is 18.4. The van der Waals surface area contributed by atoms with Crippen LogP contribution < -0.4 is 4.74 Å². The summed E-state index contributed by atoms with van der Waals surface area (Å²) in [6, 6.07) is 6.33. The maximum absolute atomic E-state index is 12.2. The Morgan fingerprint density at radius 1 is 1.28 bits per heavy atom. The maximum Gasteiger partial charge on any atom is 0.222 e. The van der Waals surface area contributed by atoms with Crippen LogP contribution >= 0.6 is 11.3 Å². The maximum atomic E-state index is 12.2. The van der Waals surface area contributed by atoms with E-state index in [1.165, 1.54) is 11.1 Å². The summed E-state index contributed by atoms with van der Waals surface area (Å²) in [5.74, 6) is 1.04. The lowest BCUT2D eigenvalue weighted by molar-refractivity contribution is -0.133. The Bertz CT molecular complexity index is 711. The average molecular weight is 361 g/mol. The minimum atomic E-state index is 0.176. The van der Waals surface area contributed by atoms with Crippen molar-refractivity contribution in [3.05, 3.63) is 45.4 Å². The second-order valence-electron chi connectivity index (χ2n) is 6.40. The molecule has 1 aromatic carbocycles. The summed E-state index contributed by atoms with van der Waals surface area (Å²) in [6.07, 6.45) is 1.47. The minimum Gasteiger partial charge on any atom is -0.486 e. The first kappa shape index (κ1) is 19.4. The standard InChI is InChI=1S/C20H28N2O2S/c1-6-16(5)22(20(23)7-2)11-17-13-25-19(21-17)12-24-18-9-8-14(3)15(4)10-18/h8-10,13,16H,6-7,11-12H2,1-5H3/t16-/m1/s1. The zero-order valence-corrected chi connectivity index (χ0v) is 16.7. The lowest BCUT2D eigenvalue weighted by Gasteiger charge is -2.27. The van der Waals surface area contributed by atoms with Crippen molar-refractivity contribution in [2.24, 2.45) is 0 Å². The number of carbonyl (C=O) groups is 1. The molecule has 2 rings (SSSR count). The topological polar surface area (TPSA) is 42.4 Å². The van der Waals surface area contributed by atoms with E-state index in [2.05, 4.69) is 44.8 Å². The number of amides is 1. The number of benzene rings is 1. The fraction of sp³-hybridized carbons (Fsp3) is 0.500. The molecular formula is C20H28N2O2S. The number of ether oxygens (including phenoxy) is 1. The van der Waals surface area contributed by atoms with Crippen molar-refractivity contribution in [1.82, 2.24) is 9.88 Å². The number of hydrogen-bond donors (Lipinski definition) is 0. The van der Waals surface area contributed by atoms with Gasteiger partial charge in [0.05, 0.1) is 12.2 Å². The highest BCUT2D eigenvalue weighted by molar-refractivity contribution is 7.09. The van der Waals surface area contributed by atoms with Crippen LogP contribution in [0.15, 0.2) is 23.6 Å². The molecule has 0 N–H and O–H groups in total. The molecule has 1 amide bonds. The third kappa shape index (κ3) is 5.30. The van der Waals surface area contributed by atoms with Gasteiger partial charge < -0.3 is 9.64 Å². The third-order valence-corrected chi connectivity index (χ3v) is 5.39. The van der Waals surface area contributed by atoms with Gasteiger partial charge in [0.15, 0.2) is 0 Å². The van der Waals surface area contributed by atoms with Crippen molar-refractivity contribution >= 4 is 17.2 Å². The first-order valence-electron chi connectivity index (χ1n) is 8.87. The van der Waals surface area contributed by atoms with E-state index in [9.17, 15) is 4.79 Å². The second-order valence-corrected chi connectivity index (χ2v) is 7.34. The highest BCUT2D eigenvalue weighted by Crippen LogP contribution is 2.20. The molecule has 1 atom stereocenters. The smallest absolute Gasteiger partial charge is 0.222 e. The number of aromatic nitrogens is 1. The number of hydrogen-bond acceptors (Lipinski definition) is 4. The fourth-order valence-electron chi connectivity index (χ4n) is 2.52. The lowest BCUT2D eigenvalue weighted by Crippen LogP contribution is -2.37. The fourth-order valence-corrected chi connectivity index (χ4v) is 3.22. The van der Waals surface area contributed by atoms with E-state index in [0.29, 0.717) is 19.6 Å². The number of nitrogens with zero attached hydrogens (tertiary/aromatic N) is 2. The quantitative estimate of drug-likeness (QED) is 0.674. The summed E-state index contributed by atoms with van der Waals surface area (Å²) in [5, 5.41) is 2.96. The largest absolute Gasteiger partial charge is 0.486 e. The Labute approximate surface area is 154 Å². The third-order valence-electron chi connectivity index (χ3n) is 4.52. The lowest BCUT2D eigenvalue weighted by atomic mass is 10.1. The van der Waals surface area contributed by atoms with Crippen molar-refractivity contribution in [2.75, 3.05) is 0 Å².